The summed E-state index contributed by atoms with van der Waals surface area (Å²) in [6, 6.07) is 6.04. The fraction of sp³-hybridized carbons (Fsp3) is 0.533. The number of hydrogen-bond acceptors (Lipinski definition) is 6. The lowest BCUT2D eigenvalue weighted by atomic mass is 10.1. The third-order valence-corrected chi connectivity index (χ3v) is 7.18. The molecule has 2 heterocycles. The van der Waals surface area contributed by atoms with E-state index in [1.807, 2.05) is 17.6 Å². The summed E-state index contributed by atoms with van der Waals surface area (Å²) >= 11 is 1.61. The molecule has 0 spiro atoms. The van der Waals surface area contributed by atoms with Crippen LogP contribution in [0.25, 0.3) is 10.2 Å². The maximum absolute atomic E-state index is 12.0. The highest BCUT2D eigenvalue weighted by Crippen LogP contribution is 2.26. The molecule has 8 heteroatoms. The Morgan fingerprint density at radius 1 is 1.39 bits per heavy atom. The van der Waals surface area contributed by atoms with Gasteiger partial charge in [0.15, 0.2) is 0 Å². The average molecular weight is 355 g/mol. The van der Waals surface area contributed by atoms with E-state index in [0.29, 0.717) is 19.6 Å². The zero-order valence-corrected chi connectivity index (χ0v) is 14.8. The molecular weight excluding hydrogens is 334 g/mol. The molecule has 126 valence electrons. The van der Waals surface area contributed by atoms with Gasteiger partial charge in [0, 0.05) is 39.6 Å². The first kappa shape index (κ1) is 16.8. The number of likely N-dealkylation sites (tertiary alicyclic amines) is 1. The van der Waals surface area contributed by atoms with Crippen molar-refractivity contribution in [3.8, 4) is 0 Å². The van der Waals surface area contributed by atoms with Crippen molar-refractivity contribution in [3.63, 3.8) is 0 Å². The number of hydrogen-bond donors (Lipinski definition) is 1. The number of sulfonamides is 1. The van der Waals surface area contributed by atoms with E-state index in [2.05, 4.69) is 16.0 Å². The van der Waals surface area contributed by atoms with E-state index in [-0.39, 0.29) is 11.7 Å². The van der Waals surface area contributed by atoms with Gasteiger partial charge in [0.25, 0.3) is 0 Å². The van der Waals surface area contributed by atoms with Gasteiger partial charge in [-0.1, -0.05) is 12.1 Å². The van der Waals surface area contributed by atoms with E-state index in [1.54, 1.807) is 11.3 Å². The van der Waals surface area contributed by atoms with Gasteiger partial charge < -0.3 is 5.11 Å². The zero-order chi connectivity index (χ0) is 16.6. The Bertz CT molecular complexity index is 788. The molecule has 2 aromatic rings. The topological polar surface area (TPSA) is 73.7 Å². The Morgan fingerprint density at radius 3 is 2.91 bits per heavy atom. The molecular formula is C15H21N3O3S2. The van der Waals surface area contributed by atoms with Crippen LogP contribution in [-0.2, 0) is 16.6 Å². The minimum atomic E-state index is -3.30. The van der Waals surface area contributed by atoms with Crippen LogP contribution in [0, 0.1) is 5.92 Å². The molecule has 2 atom stereocenters. The molecule has 1 saturated heterocycles. The Kier molecular flexibility index (Phi) is 4.70. The summed E-state index contributed by atoms with van der Waals surface area (Å²) in [5, 5.41) is 10.2. The largest absolute Gasteiger partial charge is 0.391 e. The van der Waals surface area contributed by atoms with Crippen LogP contribution >= 0.6 is 11.3 Å². The van der Waals surface area contributed by atoms with Crippen LogP contribution in [0.2, 0.25) is 0 Å². The van der Waals surface area contributed by atoms with Gasteiger partial charge >= 0.3 is 0 Å². The fourth-order valence-corrected chi connectivity index (χ4v) is 4.93. The van der Waals surface area contributed by atoms with Crippen molar-refractivity contribution in [2.75, 3.05) is 32.9 Å². The summed E-state index contributed by atoms with van der Waals surface area (Å²) in [4.78, 5) is 6.44. The Balaban J connectivity index is 1.71. The number of thiazole rings is 1. The van der Waals surface area contributed by atoms with Gasteiger partial charge in [0.2, 0.25) is 10.0 Å². The van der Waals surface area contributed by atoms with E-state index in [4.69, 9.17) is 0 Å². The maximum Gasteiger partial charge on any atom is 0.214 e. The van der Waals surface area contributed by atoms with Gasteiger partial charge in [-0.15, -0.1) is 11.3 Å². The minimum absolute atomic E-state index is 0.0115. The van der Waals surface area contributed by atoms with Crippen molar-refractivity contribution < 1.29 is 13.5 Å². The number of nitrogens with zero attached hydrogens (tertiary/aromatic N) is 3. The van der Waals surface area contributed by atoms with Gasteiger partial charge in [-0.3, -0.25) is 4.90 Å². The van der Waals surface area contributed by atoms with Gasteiger partial charge in [-0.2, -0.15) is 0 Å². The molecule has 1 aliphatic rings. The molecule has 1 fully saturated rings. The third kappa shape index (κ3) is 3.56. The van der Waals surface area contributed by atoms with Crippen LogP contribution in [0.1, 0.15) is 5.56 Å². The molecule has 6 nitrogen and oxygen atoms in total. The first-order chi connectivity index (χ1) is 10.9. The lowest BCUT2D eigenvalue weighted by Gasteiger charge is -2.18. The second-order valence-electron chi connectivity index (χ2n) is 6.20. The lowest BCUT2D eigenvalue weighted by molar-refractivity contribution is 0.148. The van der Waals surface area contributed by atoms with E-state index in [1.165, 1.54) is 24.0 Å². The highest BCUT2D eigenvalue weighted by molar-refractivity contribution is 7.89. The van der Waals surface area contributed by atoms with Crippen LogP contribution in [0.5, 0.6) is 0 Å². The molecule has 23 heavy (non-hydrogen) atoms. The predicted molar refractivity (Wildman–Crippen MR) is 91.9 cm³/mol. The van der Waals surface area contributed by atoms with E-state index >= 15 is 0 Å². The van der Waals surface area contributed by atoms with Gasteiger partial charge in [-0.05, 0) is 11.6 Å². The van der Waals surface area contributed by atoms with Crippen LogP contribution in [0.15, 0.2) is 23.7 Å². The third-order valence-electron chi connectivity index (χ3n) is 4.30. The SMILES string of the molecule is CN(C)S(=O)(=O)C[C@@H]1CN(Cc2cccc3ncsc23)C[C@@H]1O. The van der Waals surface area contributed by atoms with Crippen molar-refractivity contribution in [2.24, 2.45) is 5.92 Å². The van der Waals surface area contributed by atoms with Gasteiger partial charge in [-0.25, -0.2) is 17.7 Å². The number of rotatable bonds is 5. The average Bonchev–Trinajstić information content (AvgIpc) is 3.06. The molecule has 0 unspecified atom stereocenters. The van der Waals surface area contributed by atoms with Gasteiger partial charge in [0.1, 0.15) is 0 Å². The summed E-state index contributed by atoms with van der Waals surface area (Å²) in [6.07, 6.45) is -0.606. The van der Waals surface area contributed by atoms with Crippen molar-refractivity contribution >= 4 is 31.6 Å². The van der Waals surface area contributed by atoms with Crippen LogP contribution in [-0.4, -0.2) is 66.8 Å². The summed E-state index contributed by atoms with van der Waals surface area (Å²) < 4.78 is 26.4. The normalized spacial score (nSPS) is 23.1. The summed E-state index contributed by atoms with van der Waals surface area (Å²) in [5.41, 5.74) is 3.99. The molecule has 3 rings (SSSR count). The molecule has 1 N–H and O–H groups in total. The minimum Gasteiger partial charge on any atom is -0.391 e. The molecule has 0 bridgehead atoms. The van der Waals surface area contributed by atoms with E-state index < -0.39 is 16.1 Å². The highest BCUT2D eigenvalue weighted by Gasteiger charge is 2.35. The molecule has 0 aliphatic carbocycles. The molecule has 1 aromatic carbocycles. The quantitative estimate of drug-likeness (QED) is 0.865. The number of aromatic nitrogens is 1. The van der Waals surface area contributed by atoms with Crippen molar-refractivity contribution in [1.29, 1.82) is 0 Å². The van der Waals surface area contributed by atoms with E-state index in [0.717, 1.165) is 10.2 Å². The second-order valence-corrected chi connectivity index (χ2v) is 9.28. The molecule has 1 aromatic heterocycles. The highest BCUT2D eigenvalue weighted by atomic mass is 32.2. The van der Waals surface area contributed by atoms with E-state index in [9.17, 15) is 13.5 Å². The van der Waals surface area contributed by atoms with Crippen LogP contribution in [0.4, 0.5) is 0 Å². The Hall–Kier alpha value is -1.06. The van der Waals surface area contributed by atoms with Crippen LogP contribution < -0.4 is 0 Å². The standard InChI is InChI=1S/C15H21N3O3S2/c1-17(2)23(20,21)9-12-7-18(8-14(12)19)6-11-4-3-5-13-15(11)22-10-16-13/h3-5,10,12,14,19H,6-9H2,1-2H3/t12-,14-/m0/s1. The number of aliphatic hydroxyl groups is 1. The Labute approximate surface area is 140 Å². The first-order valence-electron chi connectivity index (χ1n) is 7.48. The summed E-state index contributed by atoms with van der Waals surface area (Å²) in [5.74, 6) is -0.259. The fourth-order valence-electron chi connectivity index (χ4n) is 2.96. The van der Waals surface area contributed by atoms with Gasteiger partial charge in [0.05, 0.1) is 27.6 Å². The second kappa shape index (κ2) is 6.45. The zero-order valence-electron chi connectivity index (χ0n) is 13.2. The molecule has 0 amide bonds. The number of aliphatic hydroxyl groups excluding tert-OH is 1. The van der Waals surface area contributed by atoms with Crippen molar-refractivity contribution in [1.82, 2.24) is 14.2 Å². The van der Waals surface area contributed by atoms with Crippen molar-refractivity contribution in [3.05, 3.63) is 29.3 Å². The summed E-state index contributed by atoms with van der Waals surface area (Å²) in [7, 11) is -0.244. The molecule has 0 radical (unpaired) electrons. The molecule has 1 aliphatic heterocycles. The first-order valence-corrected chi connectivity index (χ1v) is 9.97. The van der Waals surface area contributed by atoms with Crippen LogP contribution in [0.3, 0.4) is 0 Å². The summed E-state index contributed by atoms with van der Waals surface area (Å²) in [6.45, 7) is 1.79. The monoisotopic (exact) mass is 355 g/mol. The Morgan fingerprint density at radius 2 is 2.17 bits per heavy atom. The maximum atomic E-state index is 12.0. The number of benzene rings is 1. The predicted octanol–water partition coefficient (Wildman–Crippen LogP) is 0.980. The molecule has 0 saturated carbocycles. The number of fused-ring (bicyclic) bond motifs is 1. The number of β-amino-alcohol motifs (C(OH)–C–C–N with tert-alkyl or cyclic N) is 1. The smallest absolute Gasteiger partial charge is 0.214 e. The lowest BCUT2D eigenvalue weighted by Crippen LogP contribution is -2.33. The van der Waals surface area contributed by atoms with Crippen molar-refractivity contribution in [2.45, 2.75) is 12.6 Å².